The summed E-state index contributed by atoms with van der Waals surface area (Å²) in [5.74, 6) is 0.920. The summed E-state index contributed by atoms with van der Waals surface area (Å²) in [4.78, 5) is 29.8. The van der Waals surface area contributed by atoms with Gasteiger partial charge in [0.15, 0.2) is 16.6 Å². The molecule has 1 aliphatic heterocycles. The second-order valence-electron chi connectivity index (χ2n) is 8.73. The van der Waals surface area contributed by atoms with E-state index in [1.165, 1.54) is 4.90 Å². The summed E-state index contributed by atoms with van der Waals surface area (Å²) in [6, 6.07) is 24.3. The van der Waals surface area contributed by atoms with Crippen LogP contribution in [0.2, 0.25) is 0 Å². The summed E-state index contributed by atoms with van der Waals surface area (Å²) in [7, 11) is 3.19. The zero-order chi connectivity index (χ0) is 26.2. The normalized spacial score (nSPS) is 15.1. The predicted molar refractivity (Wildman–Crippen MR) is 148 cm³/mol. The number of methoxy groups -OCH3 is 2. The smallest absolute Gasteiger partial charge is 0.256 e. The van der Waals surface area contributed by atoms with E-state index in [9.17, 15) is 9.59 Å². The van der Waals surface area contributed by atoms with Crippen molar-refractivity contribution in [3.05, 3.63) is 90.0 Å². The molecule has 192 valence electrons. The number of amides is 2. The number of para-hydroxylation sites is 1. The van der Waals surface area contributed by atoms with Gasteiger partial charge >= 0.3 is 0 Å². The van der Waals surface area contributed by atoms with Crippen molar-refractivity contribution in [3.63, 3.8) is 0 Å². The van der Waals surface area contributed by atoms with E-state index < -0.39 is 6.04 Å². The number of hydrogen-bond donors (Lipinski definition) is 1. The molecule has 3 aromatic carbocycles. The van der Waals surface area contributed by atoms with E-state index in [0.717, 1.165) is 17.5 Å². The van der Waals surface area contributed by atoms with Gasteiger partial charge in [-0.15, -0.1) is 0 Å². The second kappa shape index (κ2) is 12.4. The van der Waals surface area contributed by atoms with Gasteiger partial charge in [0.2, 0.25) is 5.91 Å². The molecule has 1 heterocycles. The van der Waals surface area contributed by atoms with Crippen LogP contribution in [0.25, 0.3) is 0 Å². The highest BCUT2D eigenvalue weighted by atomic mass is 32.1. The van der Waals surface area contributed by atoms with Crippen LogP contribution >= 0.6 is 12.2 Å². The van der Waals surface area contributed by atoms with Gasteiger partial charge in [0, 0.05) is 13.1 Å². The van der Waals surface area contributed by atoms with Crippen molar-refractivity contribution in [2.45, 2.75) is 25.3 Å². The van der Waals surface area contributed by atoms with E-state index >= 15 is 0 Å². The van der Waals surface area contributed by atoms with Crippen LogP contribution in [-0.2, 0) is 22.4 Å². The first-order valence-corrected chi connectivity index (χ1v) is 12.6. The Balaban J connectivity index is 1.47. The zero-order valence-corrected chi connectivity index (χ0v) is 21.9. The van der Waals surface area contributed by atoms with Gasteiger partial charge < -0.3 is 19.7 Å². The molecule has 0 aromatic heterocycles. The maximum Gasteiger partial charge on any atom is 0.256 e. The van der Waals surface area contributed by atoms with Crippen molar-refractivity contribution in [2.24, 2.45) is 0 Å². The Hall–Kier alpha value is -3.91. The number of carbonyl (C=O) groups excluding carboxylic acids is 2. The predicted octanol–water partition coefficient (Wildman–Crippen LogP) is 4.00. The highest BCUT2D eigenvalue weighted by molar-refractivity contribution is 7.80. The third kappa shape index (κ3) is 6.27. The van der Waals surface area contributed by atoms with Crippen LogP contribution in [-0.4, -0.2) is 55.2 Å². The molecule has 0 radical (unpaired) electrons. The molecule has 1 N–H and O–H groups in total. The van der Waals surface area contributed by atoms with Crippen LogP contribution in [0.1, 0.15) is 17.5 Å². The van der Waals surface area contributed by atoms with Crippen LogP contribution in [0.3, 0.4) is 0 Å². The maximum absolute atomic E-state index is 13.5. The monoisotopic (exact) mass is 517 g/mol. The van der Waals surface area contributed by atoms with E-state index in [1.807, 2.05) is 83.8 Å². The van der Waals surface area contributed by atoms with Crippen molar-refractivity contribution >= 4 is 34.8 Å². The number of ether oxygens (including phenoxy) is 2. The summed E-state index contributed by atoms with van der Waals surface area (Å²) in [5.41, 5.74) is 2.85. The molecule has 0 saturated carbocycles. The lowest BCUT2D eigenvalue weighted by Crippen LogP contribution is -2.40. The Morgan fingerprint density at radius 2 is 1.57 bits per heavy atom. The third-order valence-corrected chi connectivity index (χ3v) is 6.80. The Kier molecular flexibility index (Phi) is 8.74. The standard InChI is InChI=1S/C29H31N3O4S/c1-35-25-14-13-22(19-26(25)36-2)16-18-31-24(20-27(33)30-17-15-21-9-5-3-6-10-21)28(34)32(29(31)37)23-11-7-4-8-12-23/h3-14,19,24H,15-18,20H2,1-2H3,(H,30,33)/t24-/m1/s1. The van der Waals surface area contributed by atoms with Gasteiger partial charge in [-0.1, -0.05) is 54.6 Å². The van der Waals surface area contributed by atoms with Gasteiger partial charge in [0.25, 0.3) is 5.91 Å². The zero-order valence-electron chi connectivity index (χ0n) is 21.1. The fraction of sp³-hybridized carbons (Fsp3) is 0.276. The quantitative estimate of drug-likeness (QED) is 0.388. The molecule has 8 heteroatoms. The lowest BCUT2D eigenvalue weighted by atomic mass is 10.1. The average molecular weight is 518 g/mol. The first-order chi connectivity index (χ1) is 18.0. The first kappa shape index (κ1) is 26.2. The van der Waals surface area contributed by atoms with E-state index in [2.05, 4.69) is 5.32 Å². The average Bonchev–Trinajstić information content (AvgIpc) is 3.16. The number of nitrogens with zero attached hydrogens (tertiary/aromatic N) is 2. The summed E-state index contributed by atoms with van der Waals surface area (Å²) in [5, 5.41) is 3.36. The molecule has 37 heavy (non-hydrogen) atoms. The van der Waals surface area contributed by atoms with Crippen LogP contribution in [0.5, 0.6) is 11.5 Å². The number of anilines is 1. The van der Waals surface area contributed by atoms with E-state index in [1.54, 1.807) is 14.2 Å². The van der Waals surface area contributed by atoms with Gasteiger partial charge in [-0.3, -0.25) is 14.5 Å². The molecule has 1 saturated heterocycles. The largest absolute Gasteiger partial charge is 0.493 e. The number of hydrogen-bond acceptors (Lipinski definition) is 5. The lowest BCUT2D eigenvalue weighted by Gasteiger charge is -2.24. The van der Waals surface area contributed by atoms with Crippen LogP contribution in [0.15, 0.2) is 78.9 Å². The van der Waals surface area contributed by atoms with Crippen molar-refractivity contribution < 1.29 is 19.1 Å². The maximum atomic E-state index is 13.5. The molecule has 7 nitrogen and oxygen atoms in total. The van der Waals surface area contributed by atoms with Crippen molar-refractivity contribution in [3.8, 4) is 11.5 Å². The molecule has 0 bridgehead atoms. The van der Waals surface area contributed by atoms with Crippen molar-refractivity contribution in [1.82, 2.24) is 10.2 Å². The minimum absolute atomic E-state index is 0.0308. The van der Waals surface area contributed by atoms with E-state index in [-0.39, 0.29) is 18.2 Å². The summed E-state index contributed by atoms with van der Waals surface area (Å²) < 4.78 is 10.8. The van der Waals surface area contributed by atoms with Gasteiger partial charge in [-0.05, 0) is 60.5 Å². The summed E-state index contributed by atoms with van der Waals surface area (Å²) in [6.45, 7) is 0.980. The Bertz CT molecular complexity index is 1240. The Morgan fingerprint density at radius 3 is 2.24 bits per heavy atom. The van der Waals surface area contributed by atoms with Gasteiger partial charge in [0.1, 0.15) is 6.04 Å². The highest BCUT2D eigenvalue weighted by Crippen LogP contribution is 2.30. The molecule has 0 spiro atoms. The van der Waals surface area contributed by atoms with Gasteiger partial charge in [-0.25, -0.2) is 0 Å². The molecule has 1 fully saturated rings. The van der Waals surface area contributed by atoms with Gasteiger partial charge in [0.05, 0.1) is 26.3 Å². The molecular weight excluding hydrogens is 486 g/mol. The molecule has 1 atom stereocenters. The number of benzene rings is 3. The number of rotatable bonds is 11. The highest BCUT2D eigenvalue weighted by Gasteiger charge is 2.43. The van der Waals surface area contributed by atoms with Crippen molar-refractivity contribution in [2.75, 3.05) is 32.2 Å². The SMILES string of the molecule is COc1ccc(CCN2C(=S)N(c3ccccc3)C(=O)[C@H]2CC(=O)NCCc2ccccc2)cc1OC. The number of nitrogens with one attached hydrogen (secondary N) is 1. The molecule has 0 aliphatic carbocycles. The molecule has 0 unspecified atom stereocenters. The number of thiocarbonyl (C=S) groups is 1. The molecule has 1 aliphatic rings. The Labute approximate surface area is 223 Å². The summed E-state index contributed by atoms with van der Waals surface area (Å²) in [6.07, 6.45) is 1.37. The second-order valence-corrected chi connectivity index (χ2v) is 9.10. The van der Waals surface area contributed by atoms with E-state index in [0.29, 0.717) is 41.8 Å². The van der Waals surface area contributed by atoms with Crippen molar-refractivity contribution in [1.29, 1.82) is 0 Å². The fourth-order valence-corrected chi connectivity index (χ4v) is 4.84. The fourth-order valence-electron chi connectivity index (χ4n) is 4.43. The molecule has 4 rings (SSSR count). The molecule has 2 amide bonds. The van der Waals surface area contributed by atoms with Crippen LogP contribution < -0.4 is 19.7 Å². The van der Waals surface area contributed by atoms with E-state index in [4.69, 9.17) is 21.7 Å². The first-order valence-electron chi connectivity index (χ1n) is 12.2. The van der Waals surface area contributed by atoms with Gasteiger partial charge in [-0.2, -0.15) is 0 Å². The topological polar surface area (TPSA) is 71.1 Å². The minimum Gasteiger partial charge on any atom is -0.493 e. The van der Waals surface area contributed by atoms with Crippen LogP contribution in [0.4, 0.5) is 5.69 Å². The summed E-state index contributed by atoms with van der Waals surface area (Å²) >= 11 is 5.76. The number of carbonyl (C=O) groups is 2. The lowest BCUT2D eigenvalue weighted by molar-refractivity contribution is -0.127. The Morgan fingerprint density at radius 1 is 0.892 bits per heavy atom. The molecular formula is C29H31N3O4S. The van der Waals surface area contributed by atoms with Crippen LogP contribution in [0, 0.1) is 0 Å². The minimum atomic E-state index is -0.676. The third-order valence-electron chi connectivity index (χ3n) is 6.38. The molecule has 3 aromatic rings.